The van der Waals surface area contributed by atoms with Crippen LogP contribution in [0.25, 0.3) is 0 Å². The van der Waals surface area contributed by atoms with E-state index in [1.54, 1.807) is 30.3 Å². The van der Waals surface area contributed by atoms with Gasteiger partial charge in [-0.1, -0.05) is 29.3 Å². The summed E-state index contributed by atoms with van der Waals surface area (Å²) in [6, 6.07) is 7.50. The first-order valence-electron chi connectivity index (χ1n) is 13.4. The standard InChI is InChI=1S/C29H33Cl2IN2O8/c1-40-25-11-17(15-36)10-21(32)27(25)42-24-13-18(28(38)33-6-7-35)12-22(26(24)37)34(29(39)23-3-2-8-41-23)14-16-4-5-19(30)20(31)9-16/h4-5,9-11,13,22-24,26,35-37H,2-3,6-8,12,14-15H2,1H3,(H,33,38)/t22-,23?,24+,26+/m1/s1. The molecular weight excluding hydrogens is 702 g/mol. The van der Waals surface area contributed by atoms with Crippen LogP contribution in [0.4, 0.5) is 0 Å². The van der Waals surface area contributed by atoms with Gasteiger partial charge in [0.05, 0.1) is 40.0 Å². The highest BCUT2D eigenvalue weighted by atomic mass is 127. The predicted octanol–water partition coefficient (Wildman–Crippen LogP) is 3.22. The quantitative estimate of drug-likeness (QED) is 0.259. The first-order valence-corrected chi connectivity index (χ1v) is 15.3. The number of aliphatic hydroxyl groups excluding tert-OH is 3. The molecule has 4 atom stereocenters. The second-order valence-electron chi connectivity index (χ2n) is 10.00. The van der Waals surface area contributed by atoms with E-state index in [0.717, 1.165) is 6.42 Å². The highest BCUT2D eigenvalue weighted by Crippen LogP contribution is 2.38. The van der Waals surface area contributed by atoms with Crippen molar-refractivity contribution in [3.63, 3.8) is 0 Å². The molecule has 4 N–H and O–H groups in total. The van der Waals surface area contributed by atoms with Gasteiger partial charge in [-0.25, -0.2) is 0 Å². The molecule has 42 heavy (non-hydrogen) atoms. The van der Waals surface area contributed by atoms with Crippen LogP contribution in [0.2, 0.25) is 10.0 Å². The number of hydrogen-bond acceptors (Lipinski definition) is 8. The lowest BCUT2D eigenvalue weighted by atomic mass is 9.87. The Hall–Kier alpha value is -2.13. The summed E-state index contributed by atoms with van der Waals surface area (Å²) in [4.78, 5) is 28.5. The summed E-state index contributed by atoms with van der Waals surface area (Å²) in [6.07, 6.45) is -0.199. The van der Waals surface area contributed by atoms with Gasteiger partial charge in [0, 0.05) is 31.7 Å². The number of rotatable bonds is 11. The van der Waals surface area contributed by atoms with E-state index in [1.807, 2.05) is 22.6 Å². The number of hydrogen-bond donors (Lipinski definition) is 4. The third kappa shape index (κ3) is 7.68. The fraction of sp³-hybridized carbons (Fsp3) is 0.448. The zero-order valence-electron chi connectivity index (χ0n) is 22.9. The van der Waals surface area contributed by atoms with Crippen LogP contribution in [-0.2, 0) is 27.5 Å². The molecule has 13 heteroatoms. The van der Waals surface area contributed by atoms with Crippen LogP contribution < -0.4 is 14.8 Å². The lowest BCUT2D eigenvalue weighted by Crippen LogP contribution is -2.56. The largest absolute Gasteiger partial charge is 0.493 e. The van der Waals surface area contributed by atoms with Crippen molar-refractivity contribution in [2.24, 2.45) is 0 Å². The number of amides is 2. The smallest absolute Gasteiger partial charge is 0.252 e. The molecule has 2 aromatic rings. The highest BCUT2D eigenvalue weighted by Gasteiger charge is 2.43. The molecule has 2 aliphatic rings. The summed E-state index contributed by atoms with van der Waals surface area (Å²) >= 11 is 14.4. The van der Waals surface area contributed by atoms with E-state index in [4.69, 9.17) is 37.4 Å². The number of benzene rings is 2. The monoisotopic (exact) mass is 734 g/mol. The van der Waals surface area contributed by atoms with E-state index in [2.05, 4.69) is 5.32 Å². The molecule has 10 nitrogen and oxygen atoms in total. The number of carbonyl (C=O) groups is 2. The van der Waals surface area contributed by atoms with Crippen molar-refractivity contribution < 1.29 is 39.1 Å². The summed E-state index contributed by atoms with van der Waals surface area (Å²) in [5.41, 5.74) is 1.57. The normalized spacial score (nSPS) is 21.9. The van der Waals surface area contributed by atoms with Gasteiger partial charge >= 0.3 is 0 Å². The molecule has 0 spiro atoms. The summed E-state index contributed by atoms with van der Waals surface area (Å²) in [5.74, 6) is -0.125. The average molecular weight is 735 g/mol. The number of nitrogens with zero attached hydrogens (tertiary/aromatic N) is 1. The van der Waals surface area contributed by atoms with E-state index in [-0.39, 0.29) is 44.2 Å². The van der Waals surface area contributed by atoms with Crippen LogP contribution >= 0.6 is 45.8 Å². The molecule has 0 radical (unpaired) electrons. The predicted molar refractivity (Wildman–Crippen MR) is 165 cm³/mol. The molecule has 2 amide bonds. The molecule has 228 valence electrons. The Balaban J connectivity index is 1.74. The van der Waals surface area contributed by atoms with Gasteiger partial charge in [0.2, 0.25) is 5.91 Å². The Kier molecular flexibility index (Phi) is 11.7. The number of methoxy groups -OCH3 is 1. The van der Waals surface area contributed by atoms with Gasteiger partial charge in [0.15, 0.2) is 11.5 Å². The minimum Gasteiger partial charge on any atom is -0.493 e. The van der Waals surface area contributed by atoms with Crippen LogP contribution in [0.5, 0.6) is 11.5 Å². The van der Waals surface area contributed by atoms with Crippen molar-refractivity contribution in [2.45, 2.75) is 56.8 Å². The van der Waals surface area contributed by atoms with Crippen molar-refractivity contribution in [1.29, 1.82) is 0 Å². The Morgan fingerprint density at radius 1 is 1.17 bits per heavy atom. The fourth-order valence-electron chi connectivity index (χ4n) is 5.05. The van der Waals surface area contributed by atoms with Gasteiger partial charge in [-0.2, -0.15) is 0 Å². The van der Waals surface area contributed by atoms with Crippen LogP contribution in [0, 0.1) is 3.57 Å². The molecule has 1 unspecified atom stereocenters. The highest BCUT2D eigenvalue weighted by molar-refractivity contribution is 14.1. The SMILES string of the molecule is COc1cc(CO)cc(I)c1O[C@H]1C=C(C(=O)NCCO)C[C@@H](N(Cc2ccc(Cl)c(Cl)c2)C(=O)C2CCCO2)[C@@H]1O. The first-order chi connectivity index (χ1) is 20.2. The number of carbonyl (C=O) groups excluding carboxylic acids is 2. The van der Waals surface area contributed by atoms with Crippen molar-refractivity contribution in [2.75, 3.05) is 26.9 Å². The molecule has 4 rings (SSSR count). The Labute approximate surface area is 267 Å². The second kappa shape index (κ2) is 15.0. The first kappa shape index (κ1) is 32.8. The summed E-state index contributed by atoms with van der Waals surface area (Å²) in [6.45, 7) is 0.100. The summed E-state index contributed by atoms with van der Waals surface area (Å²) in [5, 5.41) is 34.0. The molecule has 1 fully saturated rings. The topological polar surface area (TPSA) is 138 Å². The molecule has 0 bridgehead atoms. The molecule has 1 heterocycles. The van der Waals surface area contributed by atoms with E-state index < -0.39 is 30.3 Å². The van der Waals surface area contributed by atoms with Gasteiger partial charge in [0.1, 0.15) is 18.3 Å². The van der Waals surface area contributed by atoms with Gasteiger partial charge in [-0.15, -0.1) is 0 Å². The van der Waals surface area contributed by atoms with Gasteiger partial charge < -0.3 is 39.7 Å². The minimum atomic E-state index is -1.26. The number of aliphatic hydroxyl groups is 3. The van der Waals surface area contributed by atoms with Crippen molar-refractivity contribution in [3.05, 3.63) is 66.7 Å². The third-order valence-electron chi connectivity index (χ3n) is 7.17. The van der Waals surface area contributed by atoms with E-state index in [0.29, 0.717) is 49.3 Å². The van der Waals surface area contributed by atoms with Gasteiger partial charge in [-0.3, -0.25) is 9.59 Å². The lowest BCUT2D eigenvalue weighted by molar-refractivity contribution is -0.149. The van der Waals surface area contributed by atoms with Gasteiger partial charge in [0.25, 0.3) is 5.91 Å². The summed E-state index contributed by atoms with van der Waals surface area (Å²) in [7, 11) is 1.46. The molecular formula is C29H33Cl2IN2O8. The minimum absolute atomic E-state index is 0.0236. The molecule has 2 aromatic carbocycles. The van der Waals surface area contributed by atoms with Crippen LogP contribution in [-0.4, -0.2) is 83.3 Å². The number of halogens is 3. The molecule has 1 saturated heterocycles. The number of nitrogens with one attached hydrogen (secondary N) is 1. The third-order valence-corrected chi connectivity index (χ3v) is 8.71. The molecule has 1 aliphatic carbocycles. The van der Waals surface area contributed by atoms with Gasteiger partial charge in [-0.05, 0) is 76.9 Å². The zero-order valence-corrected chi connectivity index (χ0v) is 26.6. The van der Waals surface area contributed by atoms with Crippen molar-refractivity contribution in [1.82, 2.24) is 10.2 Å². The van der Waals surface area contributed by atoms with E-state index in [9.17, 15) is 24.9 Å². The van der Waals surface area contributed by atoms with E-state index >= 15 is 0 Å². The lowest BCUT2D eigenvalue weighted by Gasteiger charge is -2.41. The maximum absolute atomic E-state index is 13.9. The Bertz CT molecular complexity index is 1320. The Morgan fingerprint density at radius 3 is 2.60 bits per heavy atom. The Morgan fingerprint density at radius 2 is 1.95 bits per heavy atom. The average Bonchev–Trinajstić information content (AvgIpc) is 3.53. The number of ether oxygens (including phenoxy) is 3. The van der Waals surface area contributed by atoms with Crippen molar-refractivity contribution >= 4 is 57.6 Å². The fourth-order valence-corrected chi connectivity index (χ4v) is 6.16. The zero-order chi connectivity index (χ0) is 30.4. The second-order valence-corrected chi connectivity index (χ2v) is 12.0. The van der Waals surface area contributed by atoms with Crippen LogP contribution in [0.3, 0.4) is 0 Å². The molecule has 0 saturated carbocycles. The van der Waals surface area contributed by atoms with Crippen LogP contribution in [0.15, 0.2) is 42.0 Å². The maximum atomic E-state index is 13.9. The van der Waals surface area contributed by atoms with Crippen LogP contribution in [0.1, 0.15) is 30.4 Å². The molecule has 1 aliphatic heterocycles. The van der Waals surface area contributed by atoms with E-state index in [1.165, 1.54) is 18.1 Å². The van der Waals surface area contributed by atoms with Crippen molar-refractivity contribution in [3.8, 4) is 11.5 Å². The maximum Gasteiger partial charge on any atom is 0.252 e. The summed E-state index contributed by atoms with van der Waals surface area (Å²) < 4.78 is 18.1. The molecule has 0 aromatic heterocycles.